The molecule has 0 amide bonds. The average Bonchev–Trinajstić information content (AvgIpc) is 2.63. The van der Waals surface area contributed by atoms with Crippen LogP contribution in [0.2, 0.25) is 5.02 Å². The molecule has 4 heteroatoms. The zero-order valence-corrected chi connectivity index (χ0v) is 10.9. The molecule has 0 aliphatic carbocycles. The molecule has 0 saturated heterocycles. The number of aromatic nitrogens is 2. The lowest BCUT2D eigenvalue weighted by Crippen LogP contribution is -2.15. The molecule has 0 spiro atoms. The molecule has 0 unspecified atom stereocenters. The lowest BCUT2D eigenvalue weighted by Gasteiger charge is -2.19. The van der Waals surface area contributed by atoms with Crippen LogP contribution in [0.15, 0.2) is 30.6 Å². The highest BCUT2D eigenvalue weighted by atomic mass is 35.5. The Morgan fingerprint density at radius 1 is 1.35 bits per heavy atom. The molecule has 0 bridgehead atoms. The maximum Gasteiger partial charge on any atom is 0.110 e. The summed E-state index contributed by atoms with van der Waals surface area (Å²) in [6.07, 6.45) is 3.59. The number of hydrogen-bond acceptors (Lipinski definition) is 2. The van der Waals surface area contributed by atoms with Crippen LogP contribution < -0.4 is 0 Å². The van der Waals surface area contributed by atoms with Gasteiger partial charge in [-0.05, 0) is 38.5 Å². The first-order chi connectivity index (χ1) is 7.89. The van der Waals surface area contributed by atoms with Crippen molar-refractivity contribution in [2.24, 2.45) is 0 Å². The third kappa shape index (κ3) is 2.35. The van der Waals surface area contributed by atoms with E-state index in [1.54, 1.807) is 26.1 Å². The predicted octanol–water partition coefficient (Wildman–Crippen LogP) is 3.06. The molecule has 1 N–H and O–H groups in total. The van der Waals surface area contributed by atoms with Crippen LogP contribution in [0.4, 0.5) is 0 Å². The van der Waals surface area contributed by atoms with E-state index >= 15 is 0 Å². The number of imidazole rings is 1. The van der Waals surface area contributed by atoms with Crippen molar-refractivity contribution in [3.63, 3.8) is 0 Å². The van der Waals surface area contributed by atoms with E-state index in [4.69, 9.17) is 11.6 Å². The molecule has 17 heavy (non-hydrogen) atoms. The van der Waals surface area contributed by atoms with Crippen LogP contribution in [0, 0.1) is 6.92 Å². The zero-order valence-electron chi connectivity index (χ0n) is 10.1. The minimum atomic E-state index is -0.883. The van der Waals surface area contributed by atoms with E-state index in [0.717, 1.165) is 17.1 Å². The van der Waals surface area contributed by atoms with Gasteiger partial charge in [0.05, 0.1) is 16.3 Å². The number of rotatable bonds is 2. The standard InChI is InChI=1S/C13H15ClN2O/c1-9-15-6-7-16(9)12-5-4-10(8-11(12)14)13(2,3)17/h4-8,17H,1-3H3. The number of hydrogen-bond donors (Lipinski definition) is 1. The second kappa shape index (κ2) is 4.17. The van der Waals surface area contributed by atoms with Gasteiger partial charge in [0.1, 0.15) is 5.82 Å². The Balaban J connectivity index is 2.50. The van der Waals surface area contributed by atoms with Crippen molar-refractivity contribution >= 4 is 11.6 Å². The first-order valence-corrected chi connectivity index (χ1v) is 5.80. The molecule has 0 aliphatic rings. The maximum absolute atomic E-state index is 9.91. The summed E-state index contributed by atoms with van der Waals surface area (Å²) >= 11 is 6.24. The molecule has 0 aliphatic heterocycles. The molecule has 0 atom stereocenters. The minimum Gasteiger partial charge on any atom is -0.386 e. The minimum absolute atomic E-state index is 0.603. The van der Waals surface area contributed by atoms with E-state index in [-0.39, 0.29) is 0 Å². The zero-order chi connectivity index (χ0) is 12.6. The Morgan fingerprint density at radius 2 is 2.06 bits per heavy atom. The van der Waals surface area contributed by atoms with Crippen LogP contribution in [-0.2, 0) is 5.60 Å². The fraction of sp³-hybridized carbons (Fsp3) is 0.308. The summed E-state index contributed by atoms with van der Waals surface area (Å²) in [5.74, 6) is 0.878. The Morgan fingerprint density at radius 3 is 2.53 bits per heavy atom. The Labute approximate surface area is 106 Å². The molecule has 0 radical (unpaired) electrons. The fourth-order valence-corrected chi connectivity index (χ4v) is 1.99. The van der Waals surface area contributed by atoms with Gasteiger partial charge < -0.3 is 9.67 Å². The molecule has 90 valence electrons. The van der Waals surface area contributed by atoms with Gasteiger partial charge >= 0.3 is 0 Å². The van der Waals surface area contributed by atoms with Gasteiger partial charge in [0, 0.05) is 12.4 Å². The molecule has 3 nitrogen and oxygen atoms in total. The van der Waals surface area contributed by atoms with Crippen molar-refractivity contribution in [2.75, 3.05) is 0 Å². The van der Waals surface area contributed by atoms with Gasteiger partial charge in [-0.15, -0.1) is 0 Å². The topological polar surface area (TPSA) is 38.0 Å². The van der Waals surface area contributed by atoms with Gasteiger partial charge in [0.15, 0.2) is 0 Å². The highest BCUT2D eigenvalue weighted by molar-refractivity contribution is 6.32. The maximum atomic E-state index is 9.91. The van der Waals surface area contributed by atoms with Gasteiger partial charge in [-0.2, -0.15) is 0 Å². The second-order valence-corrected chi connectivity index (χ2v) is 4.98. The van der Waals surface area contributed by atoms with Crippen molar-refractivity contribution in [2.45, 2.75) is 26.4 Å². The Bertz CT molecular complexity index is 541. The number of benzene rings is 1. The van der Waals surface area contributed by atoms with Crippen molar-refractivity contribution in [1.29, 1.82) is 0 Å². The van der Waals surface area contributed by atoms with Crippen molar-refractivity contribution in [3.8, 4) is 5.69 Å². The van der Waals surface area contributed by atoms with Crippen LogP contribution in [-0.4, -0.2) is 14.7 Å². The average molecular weight is 251 g/mol. The molecular formula is C13H15ClN2O. The van der Waals surface area contributed by atoms with Crippen molar-refractivity contribution in [1.82, 2.24) is 9.55 Å². The molecule has 0 saturated carbocycles. The van der Waals surface area contributed by atoms with Gasteiger partial charge in [0.25, 0.3) is 0 Å². The summed E-state index contributed by atoms with van der Waals surface area (Å²) in [5.41, 5.74) is 0.783. The van der Waals surface area contributed by atoms with E-state index in [1.165, 1.54) is 0 Å². The van der Waals surface area contributed by atoms with Crippen LogP contribution in [0.3, 0.4) is 0 Å². The molecule has 1 heterocycles. The smallest absolute Gasteiger partial charge is 0.110 e. The van der Waals surface area contributed by atoms with Gasteiger partial charge in [-0.3, -0.25) is 0 Å². The molecule has 0 fully saturated rings. The van der Waals surface area contributed by atoms with E-state index in [0.29, 0.717) is 5.02 Å². The highest BCUT2D eigenvalue weighted by Gasteiger charge is 2.17. The third-order valence-corrected chi connectivity index (χ3v) is 3.04. The quantitative estimate of drug-likeness (QED) is 0.890. The molecule has 1 aromatic heterocycles. The summed E-state index contributed by atoms with van der Waals surface area (Å²) in [6.45, 7) is 5.39. The number of aryl methyl sites for hydroxylation is 1. The Kier molecular flexibility index (Phi) is 2.98. The predicted molar refractivity (Wildman–Crippen MR) is 68.6 cm³/mol. The van der Waals surface area contributed by atoms with Crippen molar-refractivity contribution in [3.05, 3.63) is 47.0 Å². The summed E-state index contributed by atoms with van der Waals surface area (Å²) < 4.78 is 1.91. The Hall–Kier alpha value is -1.32. The third-order valence-electron chi connectivity index (χ3n) is 2.74. The largest absolute Gasteiger partial charge is 0.386 e. The monoisotopic (exact) mass is 250 g/mol. The molecule has 2 rings (SSSR count). The summed E-state index contributed by atoms with van der Waals surface area (Å²) in [7, 11) is 0. The first kappa shape index (κ1) is 12.1. The first-order valence-electron chi connectivity index (χ1n) is 5.42. The number of nitrogens with zero attached hydrogens (tertiary/aromatic N) is 2. The van der Waals surface area contributed by atoms with Gasteiger partial charge in [-0.25, -0.2) is 4.98 Å². The van der Waals surface area contributed by atoms with E-state index in [9.17, 15) is 5.11 Å². The second-order valence-electron chi connectivity index (χ2n) is 4.57. The molecular weight excluding hydrogens is 236 g/mol. The molecule has 2 aromatic rings. The van der Waals surface area contributed by atoms with Crippen LogP contribution >= 0.6 is 11.6 Å². The van der Waals surface area contributed by atoms with Gasteiger partial charge in [-0.1, -0.05) is 17.7 Å². The number of aliphatic hydroxyl groups is 1. The van der Waals surface area contributed by atoms with Gasteiger partial charge in [0.2, 0.25) is 0 Å². The summed E-state index contributed by atoms with van der Waals surface area (Å²) in [4.78, 5) is 4.16. The normalized spacial score (nSPS) is 11.8. The van der Waals surface area contributed by atoms with E-state index in [2.05, 4.69) is 4.98 Å². The fourth-order valence-electron chi connectivity index (χ4n) is 1.72. The SMILES string of the molecule is Cc1nccn1-c1ccc(C(C)(C)O)cc1Cl. The summed E-state index contributed by atoms with van der Waals surface area (Å²) in [6, 6.07) is 5.56. The van der Waals surface area contributed by atoms with E-state index < -0.39 is 5.60 Å². The van der Waals surface area contributed by atoms with Crippen LogP contribution in [0.5, 0.6) is 0 Å². The van der Waals surface area contributed by atoms with Crippen LogP contribution in [0.25, 0.3) is 5.69 Å². The number of halogens is 1. The highest BCUT2D eigenvalue weighted by Crippen LogP contribution is 2.28. The lowest BCUT2D eigenvalue weighted by atomic mass is 9.98. The van der Waals surface area contributed by atoms with Crippen LogP contribution in [0.1, 0.15) is 25.2 Å². The summed E-state index contributed by atoms with van der Waals surface area (Å²) in [5, 5.41) is 10.5. The lowest BCUT2D eigenvalue weighted by molar-refractivity contribution is 0.0786. The van der Waals surface area contributed by atoms with E-state index in [1.807, 2.05) is 29.8 Å². The van der Waals surface area contributed by atoms with Crippen molar-refractivity contribution < 1.29 is 5.11 Å². The molecule has 1 aromatic carbocycles.